The quantitative estimate of drug-likeness (QED) is 0.878. The highest BCUT2D eigenvalue weighted by atomic mass is 79.9. The molecule has 1 aromatic carbocycles. The smallest absolute Gasteiger partial charge is 0.339 e. The summed E-state index contributed by atoms with van der Waals surface area (Å²) in [5.41, 5.74) is 0.744. The molecule has 0 bridgehead atoms. The van der Waals surface area contributed by atoms with Crippen molar-refractivity contribution in [2.75, 3.05) is 0 Å². The van der Waals surface area contributed by atoms with E-state index in [9.17, 15) is 9.90 Å². The first-order valence-corrected chi connectivity index (χ1v) is 5.50. The molecule has 1 aromatic rings. The second-order valence-corrected chi connectivity index (χ2v) is 4.35. The van der Waals surface area contributed by atoms with Crippen LogP contribution in [-0.2, 0) is 6.42 Å². The van der Waals surface area contributed by atoms with E-state index in [1.807, 2.05) is 6.92 Å². The number of carbonyl (C=O) groups is 1. The highest BCUT2D eigenvalue weighted by Gasteiger charge is 2.17. The van der Waals surface area contributed by atoms with E-state index in [2.05, 4.69) is 31.9 Å². The van der Waals surface area contributed by atoms with Crippen molar-refractivity contribution in [2.24, 2.45) is 0 Å². The Morgan fingerprint density at radius 2 is 2.07 bits per heavy atom. The van der Waals surface area contributed by atoms with Gasteiger partial charge in [0.05, 0.1) is 4.47 Å². The molecule has 0 radical (unpaired) electrons. The van der Waals surface area contributed by atoms with Crippen molar-refractivity contribution in [3.8, 4) is 5.75 Å². The van der Waals surface area contributed by atoms with Crippen molar-refractivity contribution in [2.45, 2.75) is 13.3 Å². The second kappa shape index (κ2) is 4.31. The number of phenols is 1. The summed E-state index contributed by atoms with van der Waals surface area (Å²) in [6, 6.07) is 1.40. The van der Waals surface area contributed by atoms with Crippen LogP contribution in [0.2, 0.25) is 0 Å². The minimum absolute atomic E-state index is 0.110. The zero-order chi connectivity index (χ0) is 10.9. The van der Waals surface area contributed by atoms with Crippen LogP contribution in [0.5, 0.6) is 5.75 Å². The van der Waals surface area contributed by atoms with Crippen LogP contribution in [0.4, 0.5) is 0 Å². The van der Waals surface area contributed by atoms with Crippen molar-refractivity contribution >= 4 is 37.8 Å². The molecule has 0 saturated heterocycles. The number of aromatic carboxylic acids is 1. The average molecular weight is 324 g/mol. The third-order valence-corrected chi connectivity index (χ3v) is 3.43. The molecule has 1 rings (SSSR count). The predicted octanol–water partition coefficient (Wildman–Crippen LogP) is 3.18. The van der Waals surface area contributed by atoms with Crippen molar-refractivity contribution < 1.29 is 15.0 Å². The van der Waals surface area contributed by atoms with Gasteiger partial charge in [0.15, 0.2) is 0 Å². The maximum atomic E-state index is 10.7. The lowest BCUT2D eigenvalue weighted by atomic mass is 10.1. The maximum Gasteiger partial charge on any atom is 0.339 e. The van der Waals surface area contributed by atoms with Gasteiger partial charge < -0.3 is 10.2 Å². The second-order valence-electron chi connectivity index (χ2n) is 2.71. The lowest BCUT2D eigenvalue weighted by molar-refractivity contribution is 0.0693. The minimum Gasteiger partial charge on any atom is -0.506 e. The first-order valence-electron chi connectivity index (χ1n) is 3.92. The van der Waals surface area contributed by atoms with Crippen LogP contribution >= 0.6 is 31.9 Å². The van der Waals surface area contributed by atoms with Gasteiger partial charge in [0.1, 0.15) is 11.3 Å². The molecule has 14 heavy (non-hydrogen) atoms. The average Bonchev–Trinajstić information content (AvgIpc) is 2.12. The lowest BCUT2D eigenvalue weighted by Crippen LogP contribution is -1.99. The molecule has 0 aromatic heterocycles. The van der Waals surface area contributed by atoms with Crippen LogP contribution in [0, 0.1) is 0 Å². The van der Waals surface area contributed by atoms with E-state index >= 15 is 0 Å². The summed E-state index contributed by atoms with van der Waals surface area (Å²) in [6.45, 7) is 1.92. The lowest BCUT2D eigenvalue weighted by Gasteiger charge is -2.09. The Bertz CT molecular complexity index is 388. The van der Waals surface area contributed by atoms with Crippen LogP contribution in [0.15, 0.2) is 15.0 Å². The van der Waals surface area contributed by atoms with Gasteiger partial charge in [-0.05, 0) is 34.0 Å². The monoisotopic (exact) mass is 322 g/mol. The van der Waals surface area contributed by atoms with Crippen molar-refractivity contribution in [1.82, 2.24) is 0 Å². The van der Waals surface area contributed by atoms with E-state index in [4.69, 9.17) is 5.11 Å². The van der Waals surface area contributed by atoms with E-state index in [1.54, 1.807) is 0 Å². The number of halogens is 2. The molecule has 0 unspecified atom stereocenters. The summed E-state index contributed by atoms with van der Waals surface area (Å²) in [5.74, 6) is -1.37. The number of hydrogen-bond acceptors (Lipinski definition) is 2. The van der Waals surface area contributed by atoms with Crippen LogP contribution in [-0.4, -0.2) is 16.2 Å². The summed E-state index contributed by atoms with van der Waals surface area (Å²) in [7, 11) is 0. The topological polar surface area (TPSA) is 57.5 Å². The molecule has 0 saturated carbocycles. The third-order valence-electron chi connectivity index (χ3n) is 1.87. The number of carboxylic acid groups (broad SMARTS) is 1. The van der Waals surface area contributed by atoms with Gasteiger partial charge in [-0.15, -0.1) is 0 Å². The highest BCUT2D eigenvalue weighted by Crippen LogP contribution is 2.36. The standard InChI is InChI=1S/C9H8Br2O3/c1-2-4-6(10)3-5(9(13)14)8(12)7(4)11/h3,12H,2H2,1H3,(H,13,14). The minimum atomic E-state index is -1.15. The zero-order valence-corrected chi connectivity index (χ0v) is 10.5. The fraction of sp³-hybridized carbons (Fsp3) is 0.222. The van der Waals surface area contributed by atoms with Gasteiger partial charge >= 0.3 is 5.97 Å². The SMILES string of the molecule is CCc1c(Br)cc(C(=O)O)c(O)c1Br. The van der Waals surface area contributed by atoms with Gasteiger partial charge in [-0.25, -0.2) is 4.79 Å². The Hall–Kier alpha value is -0.550. The van der Waals surface area contributed by atoms with Gasteiger partial charge in [0.2, 0.25) is 0 Å². The van der Waals surface area contributed by atoms with Crippen LogP contribution in [0.25, 0.3) is 0 Å². The molecule has 0 spiro atoms. The fourth-order valence-corrected chi connectivity index (χ4v) is 2.82. The molecule has 0 amide bonds. The Labute approximate surface area is 98.0 Å². The van der Waals surface area contributed by atoms with E-state index in [0.29, 0.717) is 15.4 Å². The van der Waals surface area contributed by atoms with Gasteiger partial charge in [-0.3, -0.25) is 0 Å². The van der Waals surface area contributed by atoms with E-state index in [-0.39, 0.29) is 11.3 Å². The van der Waals surface area contributed by atoms with Crippen molar-refractivity contribution in [1.29, 1.82) is 0 Å². The molecule has 0 aliphatic carbocycles. The van der Waals surface area contributed by atoms with Crippen molar-refractivity contribution in [3.05, 3.63) is 26.1 Å². The molecular formula is C9H8Br2O3. The summed E-state index contributed by atoms with van der Waals surface area (Å²) in [5, 5.41) is 18.3. The van der Waals surface area contributed by atoms with E-state index < -0.39 is 5.97 Å². The predicted molar refractivity (Wildman–Crippen MR) is 59.8 cm³/mol. The molecule has 0 fully saturated rings. The number of aromatic hydroxyl groups is 1. The first kappa shape index (κ1) is 11.5. The molecule has 0 heterocycles. The summed E-state index contributed by atoms with van der Waals surface area (Å²) < 4.78 is 1.12. The van der Waals surface area contributed by atoms with Gasteiger partial charge in [0, 0.05) is 4.47 Å². The third kappa shape index (κ3) is 1.93. The summed E-state index contributed by atoms with van der Waals surface area (Å²) in [6.07, 6.45) is 0.703. The normalized spacial score (nSPS) is 10.2. The Kier molecular flexibility index (Phi) is 3.55. The molecule has 5 heteroatoms. The fourth-order valence-electron chi connectivity index (χ4n) is 1.14. The highest BCUT2D eigenvalue weighted by molar-refractivity contribution is 9.11. The number of carboxylic acids is 1. The molecule has 0 aliphatic rings. The molecule has 0 atom stereocenters. The molecular weight excluding hydrogens is 316 g/mol. The first-order chi connectivity index (χ1) is 6.49. The molecule has 2 N–H and O–H groups in total. The van der Waals surface area contributed by atoms with Crippen LogP contribution in [0.3, 0.4) is 0 Å². The maximum absolute atomic E-state index is 10.7. The Morgan fingerprint density at radius 3 is 2.50 bits per heavy atom. The van der Waals surface area contributed by atoms with E-state index in [1.165, 1.54) is 6.07 Å². The van der Waals surface area contributed by atoms with Crippen LogP contribution in [0.1, 0.15) is 22.8 Å². The summed E-state index contributed by atoms with van der Waals surface area (Å²) >= 11 is 6.42. The largest absolute Gasteiger partial charge is 0.506 e. The van der Waals surface area contributed by atoms with Gasteiger partial charge in [-0.2, -0.15) is 0 Å². The van der Waals surface area contributed by atoms with Gasteiger partial charge in [-0.1, -0.05) is 22.9 Å². The van der Waals surface area contributed by atoms with Crippen molar-refractivity contribution in [3.63, 3.8) is 0 Å². The summed E-state index contributed by atoms with van der Waals surface area (Å²) in [4.78, 5) is 10.7. The number of benzene rings is 1. The molecule has 76 valence electrons. The molecule has 3 nitrogen and oxygen atoms in total. The zero-order valence-electron chi connectivity index (χ0n) is 7.34. The molecule has 0 aliphatic heterocycles. The Morgan fingerprint density at radius 1 is 1.50 bits per heavy atom. The van der Waals surface area contributed by atoms with Gasteiger partial charge in [0.25, 0.3) is 0 Å². The number of hydrogen-bond donors (Lipinski definition) is 2. The van der Waals surface area contributed by atoms with E-state index in [0.717, 1.165) is 5.56 Å². The number of rotatable bonds is 2. The van der Waals surface area contributed by atoms with Crippen LogP contribution < -0.4 is 0 Å². The Balaban J connectivity index is 3.47.